The van der Waals surface area contributed by atoms with Crippen LogP contribution in [0.3, 0.4) is 0 Å². The average Bonchev–Trinajstić information content (AvgIpc) is 3.28. The van der Waals surface area contributed by atoms with Crippen molar-refractivity contribution >= 4 is 28.6 Å². The van der Waals surface area contributed by atoms with Gasteiger partial charge in [0.1, 0.15) is 12.4 Å². The van der Waals surface area contributed by atoms with Gasteiger partial charge in [-0.25, -0.2) is 19.6 Å². The van der Waals surface area contributed by atoms with E-state index in [0.717, 1.165) is 24.0 Å². The molecule has 0 atom stereocenters. The molecule has 1 spiro atoms. The zero-order valence-electron chi connectivity index (χ0n) is 18.5. The van der Waals surface area contributed by atoms with Gasteiger partial charge in [0.15, 0.2) is 11.4 Å². The second-order valence-electron chi connectivity index (χ2n) is 9.07. The summed E-state index contributed by atoms with van der Waals surface area (Å²) in [6, 6.07) is 1.59. The summed E-state index contributed by atoms with van der Waals surface area (Å²) in [6.07, 6.45) is -1.96. The molecule has 0 unspecified atom stereocenters. The third-order valence-electron chi connectivity index (χ3n) is 6.23. The predicted molar refractivity (Wildman–Crippen MR) is 114 cm³/mol. The molecule has 5 rings (SSSR count). The lowest BCUT2D eigenvalue weighted by atomic mass is 9.79. The largest absolute Gasteiger partial charge is 0.451 e. The van der Waals surface area contributed by atoms with E-state index in [4.69, 9.17) is 0 Å². The minimum atomic E-state index is -4.57. The summed E-state index contributed by atoms with van der Waals surface area (Å²) in [5, 5.41) is 5.21. The highest BCUT2D eigenvalue weighted by Crippen LogP contribution is 2.42. The van der Waals surface area contributed by atoms with Crippen molar-refractivity contribution in [2.24, 2.45) is 5.41 Å². The Balaban J connectivity index is 1.33. The summed E-state index contributed by atoms with van der Waals surface area (Å²) < 4.78 is 40.9. The molecule has 2 aliphatic rings. The Labute approximate surface area is 187 Å². The topological polar surface area (TPSA) is 92.9 Å². The van der Waals surface area contributed by atoms with Crippen LogP contribution in [0.25, 0.3) is 11.0 Å². The van der Waals surface area contributed by atoms with Crippen molar-refractivity contribution in [1.82, 2.24) is 29.7 Å². The van der Waals surface area contributed by atoms with Crippen LogP contribution in [-0.2, 0) is 17.5 Å². The first kappa shape index (κ1) is 21.5. The Morgan fingerprint density at radius 2 is 1.85 bits per heavy atom. The third kappa shape index (κ3) is 3.87. The molecule has 0 aliphatic carbocycles. The number of nitrogens with zero attached hydrogens (tertiary/aromatic N) is 8. The van der Waals surface area contributed by atoms with Gasteiger partial charge < -0.3 is 9.80 Å². The Morgan fingerprint density at radius 3 is 2.55 bits per heavy atom. The Morgan fingerprint density at radius 1 is 1.12 bits per heavy atom. The van der Waals surface area contributed by atoms with Gasteiger partial charge in [-0.2, -0.15) is 23.3 Å². The second-order valence-corrected chi connectivity index (χ2v) is 9.07. The van der Waals surface area contributed by atoms with Crippen molar-refractivity contribution in [3.63, 3.8) is 0 Å². The molecule has 2 fully saturated rings. The number of hydrogen-bond donors (Lipinski definition) is 0. The molecule has 3 aromatic heterocycles. The molecule has 2 aliphatic heterocycles. The van der Waals surface area contributed by atoms with E-state index in [-0.39, 0.29) is 17.7 Å². The van der Waals surface area contributed by atoms with Crippen LogP contribution in [0.4, 0.5) is 24.9 Å². The normalized spacial score (nSPS) is 17.8. The number of alkyl halides is 3. The van der Waals surface area contributed by atoms with E-state index in [1.165, 1.54) is 6.92 Å². The Kier molecular flexibility index (Phi) is 4.80. The van der Waals surface area contributed by atoms with Gasteiger partial charge in [-0.15, -0.1) is 0 Å². The summed E-state index contributed by atoms with van der Waals surface area (Å²) in [5.41, 5.74) is 1.63. The Hall–Kier alpha value is -3.31. The number of anilines is 2. The standard InChI is InChI=1S/C21H23F3N8O/c1-12-6-16(27-18(26-12)21(22,23)24)31-10-20(11-31)4-5-30(9-20)19-25-7-15-14(3)29-32(8-13(2)33)17(15)28-19/h6-7H,4-5,8-11H2,1-3H3. The molecule has 9 nitrogen and oxygen atoms in total. The van der Waals surface area contributed by atoms with Gasteiger partial charge >= 0.3 is 6.18 Å². The van der Waals surface area contributed by atoms with Crippen molar-refractivity contribution < 1.29 is 18.0 Å². The lowest BCUT2D eigenvalue weighted by molar-refractivity contribution is -0.145. The van der Waals surface area contributed by atoms with E-state index in [0.29, 0.717) is 42.7 Å². The second kappa shape index (κ2) is 7.35. The molecule has 12 heteroatoms. The number of carbonyl (C=O) groups excluding carboxylic acids is 1. The monoisotopic (exact) mass is 460 g/mol. The first-order valence-corrected chi connectivity index (χ1v) is 10.7. The van der Waals surface area contributed by atoms with E-state index in [1.54, 1.807) is 23.9 Å². The zero-order chi connectivity index (χ0) is 23.5. The van der Waals surface area contributed by atoms with Crippen LogP contribution >= 0.6 is 0 Å². The molecule has 33 heavy (non-hydrogen) atoms. The van der Waals surface area contributed by atoms with Gasteiger partial charge in [0, 0.05) is 49.6 Å². The molecule has 0 N–H and O–H groups in total. The highest BCUT2D eigenvalue weighted by atomic mass is 19.4. The van der Waals surface area contributed by atoms with Gasteiger partial charge in [0.25, 0.3) is 0 Å². The summed E-state index contributed by atoms with van der Waals surface area (Å²) in [6.45, 7) is 7.73. The summed E-state index contributed by atoms with van der Waals surface area (Å²) in [7, 11) is 0. The molecule has 0 radical (unpaired) electrons. The zero-order valence-corrected chi connectivity index (χ0v) is 18.5. The summed E-state index contributed by atoms with van der Waals surface area (Å²) >= 11 is 0. The fraction of sp³-hybridized carbons (Fsp3) is 0.524. The third-order valence-corrected chi connectivity index (χ3v) is 6.23. The highest BCUT2D eigenvalue weighted by molar-refractivity contribution is 5.81. The minimum Gasteiger partial charge on any atom is -0.355 e. The molecule has 2 saturated heterocycles. The number of aromatic nitrogens is 6. The molecular weight excluding hydrogens is 437 g/mol. The Bertz CT molecular complexity index is 1250. The van der Waals surface area contributed by atoms with Gasteiger partial charge in [-0.1, -0.05) is 0 Å². The molecule has 0 amide bonds. The van der Waals surface area contributed by atoms with Crippen LogP contribution in [0.5, 0.6) is 0 Å². The highest BCUT2D eigenvalue weighted by Gasteiger charge is 2.49. The maximum absolute atomic E-state index is 13.1. The quantitative estimate of drug-likeness (QED) is 0.587. The summed E-state index contributed by atoms with van der Waals surface area (Å²) in [4.78, 5) is 32.0. The van der Waals surface area contributed by atoms with Gasteiger partial charge in [0.05, 0.1) is 11.1 Å². The molecule has 3 aromatic rings. The van der Waals surface area contributed by atoms with Crippen molar-refractivity contribution in [3.05, 3.63) is 29.5 Å². The molecule has 0 saturated carbocycles. The minimum absolute atomic E-state index is 0.0112. The van der Waals surface area contributed by atoms with Crippen LogP contribution in [-0.4, -0.2) is 61.7 Å². The van der Waals surface area contributed by atoms with Gasteiger partial charge in [0.2, 0.25) is 11.8 Å². The predicted octanol–water partition coefficient (Wildman–Crippen LogP) is 2.56. The van der Waals surface area contributed by atoms with Crippen molar-refractivity contribution in [2.45, 2.75) is 39.9 Å². The number of aryl methyl sites for hydroxylation is 2. The smallest absolute Gasteiger partial charge is 0.355 e. The van der Waals surface area contributed by atoms with Crippen LogP contribution in [0.1, 0.15) is 30.6 Å². The number of rotatable bonds is 4. The van der Waals surface area contributed by atoms with Crippen molar-refractivity contribution in [2.75, 3.05) is 36.0 Å². The van der Waals surface area contributed by atoms with Crippen LogP contribution in [0.15, 0.2) is 12.3 Å². The number of hydrogen-bond acceptors (Lipinski definition) is 8. The summed E-state index contributed by atoms with van der Waals surface area (Å²) in [5.74, 6) is -0.242. The fourth-order valence-corrected chi connectivity index (χ4v) is 4.70. The van der Waals surface area contributed by atoms with Gasteiger partial charge in [-0.3, -0.25) is 4.79 Å². The molecule has 174 valence electrons. The number of fused-ring (bicyclic) bond motifs is 1. The van der Waals surface area contributed by atoms with E-state index >= 15 is 0 Å². The maximum Gasteiger partial charge on any atom is 0.451 e. The van der Waals surface area contributed by atoms with E-state index in [1.807, 2.05) is 11.8 Å². The first-order valence-electron chi connectivity index (χ1n) is 10.7. The van der Waals surface area contributed by atoms with E-state index < -0.39 is 12.0 Å². The first-order chi connectivity index (χ1) is 15.5. The molecule has 0 aromatic carbocycles. The lowest BCUT2D eigenvalue weighted by Gasteiger charge is -2.48. The molecule has 0 bridgehead atoms. The lowest BCUT2D eigenvalue weighted by Crippen LogP contribution is -2.58. The number of Topliss-reactive ketones (excluding diaryl/α,β-unsaturated/α-hetero) is 1. The van der Waals surface area contributed by atoms with Crippen LogP contribution < -0.4 is 9.80 Å². The molecule has 5 heterocycles. The molecular formula is C21H23F3N8O. The van der Waals surface area contributed by atoms with Crippen LogP contribution in [0, 0.1) is 19.3 Å². The maximum atomic E-state index is 13.1. The van der Waals surface area contributed by atoms with Crippen molar-refractivity contribution in [1.29, 1.82) is 0 Å². The fourth-order valence-electron chi connectivity index (χ4n) is 4.70. The number of halogens is 3. The number of carbonyl (C=O) groups is 1. The SMILES string of the molecule is CC(=O)Cn1nc(C)c2cnc(N3CCC4(CN(c5cc(C)nc(C(F)(F)F)n5)C4)C3)nc21. The average molecular weight is 460 g/mol. The number of ketones is 1. The van der Waals surface area contributed by atoms with Gasteiger partial charge in [-0.05, 0) is 27.2 Å². The van der Waals surface area contributed by atoms with Crippen LogP contribution in [0.2, 0.25) is 0 Å². The van der Waals surface area contributed by atoms with Crippen molar-refractivity contribution in [3.8, 4) is 0 Å². The van der Waals surface area contributed by atoms with E-state index in [2.05, 4.69) is 29.9 Å². The van der Waals surface area contributed by atoms with E-state index in [9.17, 15) is 18.0 Å².